The molecule has 3 rings (SSSR count). The Morgan fingerprint density at radius 2 is 2.12 bits per heavy atom. The number of anilines is 1. The molecule has 136 valence electrons. The van der Waals surface area contributed by atoms with E-state index in [0.29, 0.717) is 36.4 Å². The summed E-state index contributed by atoms with van der Waals surface area (Å²) in [6.07, 6.45) is 7.08. The summed E-state index contributed by atoms with van der Waals surface area (Å²) < 4.78 is 0. The van der Waals surface area contributed by atoms with Gasteiger partial charge in [0.25, 0.3) is 5.91 Å². The van der Waals surface area contributed by atoms with Crippen molar-refractivity contribution in [2.45, 2.75) is 45.1 Å². The summed E-state index contributed by atoms with van der Waals surface area (Å²) in [4.78, 5) is 32.7. The van der Waals surface area contributed by atoms with Crippen LogP contribution in [0.5, 0.6) is 0 Å². The van der Waals surface area contributed by atoms with Crippen molar-refractivity contribution >= 4 is 17.6 Å². The quantitative estimate of drug-likeness (QED) is 0.858. The van der Waals surface area contributed by atoms with E-state index in [9.17, 15) is 9.59 Å². The third-order valence-electron chi connectivity index (χ3n) is 5.27. The Balaban J connectivity index is 1.56. The van der Waals surface area contributed by atoms with Crippen LogP contribution in [0.3, 0.4) is 0 Å². The van der Waals surface area contributed by atoms with Crippen LogP contribution in [0.25, 0.3) is 0 Å². The smallest absolute Gasteiger partial charge is 0.252 e. The van der Waals surface area contributed by atoms with Gasteiger partial charge >= 0.3 is 0 Å². The second kappa shape index (κ2) is 7.85. The van der Waals surface area contributed by atoms with Crippen molar-refractivity contribution in [3.8, 4) is 0 Å². The van der Waals surface area contributed by atoms with Crippen LogP contribution in [-0.2, 0) is 4.79 Å². The van der Waals surface area contributed by atoms with Crippen molar-refractivity contribution in [2.75, 3.05) is 31.6 Å². The van der Waals surface area contributed by atoms with Gasteiger partial charge in [0.15, 0.2) is 0 Å². The van der Waals surface area contributed by atoms with E-state index in [1.54, 1.807) is 12.3 Å². The number of likely N-dealkylation sites (tertiary alicyclic amines) is 1. The number of nitrogens with one attached hydrogen (secondary N) is 1. The molecule has 0 aromatic carbocycles. The molecule has 1 aliphatic carbocycles. The molecular formula is C19H28N4O2. The van der Waals surface area contributed by atoms with Crippen LogP contribution in [0.1, 0.15) is 49.4 Å². The summed E-state index contributed by atoms with van der Waals surface area (Å²) in [5.74, 6) is 1.39. The van der Waals surface area contributed by atoms with E-state index < -0.39 is 0 Å². The lowest BCUT2D eigenvalue weighted by molar-refractivity contribution is -0.129. The molecule has 0 bridgehead atoms. The molecule has 1 aromatic heterocycles. The second-order valence-electron chi connectivity index (χ2n) is 7.20. The molecule has 6 nitrogen and oxygen atoms in total. The maximum Gasteiger partial charge on any atom is 0.252 e. The van der Waals surface area contributed by atoms with Gasteiger partial charge in [0, 0.05) is 51.3 Å². The Labute approximate surface area is 149 Å². The lowest BCUT2D eigenvalue weighted by Gasteiger charge is -2.25. The predicted octanol–water partition coefficient (Wildman–Crippen LogP) is 2.06. The van der Waals surface area contributed by atoms with E-state index >= 15 is 0 Å². The Morgan fingerprint density at radius 3 is 2.76 bits per heavy atom. The highest BCUT2D eigenvalue weighted by atomic mass is 16.2. The van der Waals surface area contributed by atoms with Gasteiger partial charge in [0.05, 0.1) is 5.56 Å². The minimum Gasteiger partial charge on any atom is -0.359 e. The number of nitrogens with zero attached hydrogens (tertiary/aromatic N) is 3. The molecule has 2 fully saturated rings. The average Bonchev–Trinajstić information content (AvgIpc) is 3.24. The van der Waals surface area contributed by atoms with Crippen LogP contribution in [0.4, 0.5) is 5.82 Å². The number of hydrogen-bond donors (Lipinski definition) is 1. The number of hydrogen-bond acceptors (Lipinski definition) is 4. The first-order valence-corrected chi connectivity index (χ1v) is 9.33. The third-order valence-corrected chi connectivity index (χ3v) is 5.27. The highest BCUT2D eigenvalue weighted by Crippen LogP contribution is 2.30. The van der Waals surface area contributed by atoms with Crippen LogP contribution >= 0.6 is 0 Å². The lowest BCUT2D eigenvalue weighted by Crippen LogP contribution is -2.35. The lowest BCUT2D eigenvalue weighted by atomic mass is 10.1. The topological polar surface area (TPSA) is 65.5 Å². The normalized spacial score (nSPS) is 21.0. The van der Waals surface area contributed by atoms with Crippen molar-refractivity contribution in [3.63, 3.8) is 0 Å². The molecule has 25 heavy (non-hydrogen) atoms. The number of aromatic nitrogens is 1. The SMILES string of the molecule is CCNC(=O)c1ccc(N(C)CC2CC(=O)N(C3CCCC3)C2)nc1. The highest BCUT2D eigenvalue weighted by Gasteiger charge is 2.35. The summed E-state index contributed by atoms with van der Waals surface area (Å²) in [7, 11) is 2.00. The minimum atomic E-state index is -0.0993. The van der Waals surface area contributed by atoms with Gasteiger partial charge in [-0.1, -0.05) is 12.8 Å². The van der Waals surface area contributed by atoms with Gasteiger partial charge in [0.2, 0.25) is 5.91 Å². The fourth-order valence-electron chi connectivity index (χ4n) is 3.99. The van der Waals surface area contributed by atoms with E-state index in [2.05, 4.69) is 20.1 Å². The van der Waals surface area contributed by atoms with Crippen LogP contribution < -0.4 is 10.2 Å². The van der Waals surface area contributed by atoms with Gasteiger partial charge in [-0.2, -0.15) is 0 Å². The van der Waals surface area contributed by atoms with Crippen molar-refractivity contribution in [2.24, 2.45) is 5.92 Å². The zero-order valence-corrected chi connectivity index (χ0v) is 15.2. The van der Waals surface area contributed by atoms with Crippen LogP contribution in [0.15, 0.2) is 18.3 Å². The van der Waals surface area contributed by atoms with E-state index in [-0.39, 0.29) is 5.91 Å². The number of rotatable bonds is 6. The number of pyridine rings is 1. The first-order chi connectivity index (χ1) is 12.1. The molecule has 0 radical (unpaired) electrons. The summed E-state index contributed by atoms with van der Waals surface area (Å²) in [6.45, 7) is 4.17. The Morgan fingerprint density at radius 1 is 1.36 bits per heavy atom. The summed E-state index contributed by atoms with van der Waals surface area (Å²) in [5, 5.41) is 2.77. The van der Waals surface area contributed by atoms with Crippen LogP contribution in [-0.4, -0.2) is 54.4 Å². The van der Waals surface area contributed by atoms with E-state index in [1.165, 1.54) is 12.8 Å². The Hall–Kier alpha value is -2.11. The summed E-state index contributed by atoms with van der Waals surface area (Å²) in [6, 6.07) is 4.14. The van der Waals surface area contributed by atoms with E-state index in [4.69, 9.17) is 0 Å². The number of amides is 2. The Kier molecular flexibility index (Phi) is 5.56. The molecule has 1 aliphatic heterocycles. The highest BCUT2D eigenvalue weighted by molar-refractivity contribution is 5.94. The van der Waals surface area contributed by atoms with E-state index in [1.807, 2.05) is 20.0 Å². The molecular weight excluding hydrogens is 316 g/mol. The summed E-state index contributed by atoms with van der Waals surface area (Å²) >= 11 is 0. The standard InChI is InChI=1S/C19H28N4O2/c1-3-20-19(25)15-8-9-17(21-11-15)22(2)12-14-10-18(24)23(13-14)16-6-4-5-7-16/h8-9,11,14,16H,3-7,10,12-13H2,1-2H3,(H,20,25). The van der Waals surface area contributed by atoms with Gasteiger partial charge in [-0.05, 0) is 31.9 Å². The van der Waals surface area contributed by atoms with Crippen molar-refractivity contribution < 1.29 is 9.59 Å². The zero-order valence-electron chi connectivity index (χ0n) is 15.2. The number of carbonyl (C=O) groups excluding carboxylic acids is 2. The zero-order chi connectivity index (χ0) is 17.8. The molecule has 1 saturated carbocycles. The summed E-state index contributed by atoms with van der Waals surface area (Å²) in [5.41, 5.74) is 0.572. The minimum absolute atomic E-state index is 0.0993. The first-order valence-electron chi connectivity index (χ1n) is 9.33. The van der Waals surface area contributed by atoms with Gasteiger partial charge in [-0.25, -0.2) is 4.98 Å². The van der Waals surface area contributed by atoms with Crippen LogP contribution in [0, 0.1) is 5.92 Å². The largest absolute Gasteiger partial charge is 0.359 e. The van der Waals surface area contributed by atoms with Crippen molar-refractivity contribution in [3.05, 3.63) is 23.9 Å². The molecule has 1 atom stereocenters. The first kappa shape index (κ1) is 17.7. The second-order valence-corrected chi connectivity index (χ2v) is 7.20. The molecule has 0 spiro atoms. The maximum atomic E-state index is 12.3. The Bertz CT molecular complexity index is 610. The average molecular weight is 344 g/mol. The molecule has 1 N–H and O–H groups in total. The fourth-order valence-corrected chi connectivity index (χ4v) is 3.99. The molecule has 1 aromatic rings. The van der Waals surface area contributed by atoms with E-state index in [0.717, 1.165) is 31.7 Å². The molecule has 1 saturated heterocycles. The third kappa shape index (κ3) is 4.11. The monoisotopic (exact) mass is 344 g/mol. The van der Waals surface area contributed by atoms with Crippen LogP contribution in [0.2, 0.25) is 0 Å². The molecule has 1 unspecified atom stereocenters. The fraction of sp³-hybridized carbons (Fsp3) is 0.632. The number of carbonyl (C=O) groups is 2. The molecule has 2 heterocycles. The van der Waals surface area contributed by atoms with Gasteiger partial charge < -0.3 is 15.1 Å². The molecule has 2 aliphatic rings. The predicted molar refractivity (Wildman–Crippen MR) is 97.6 cm³/mol. The van der Waals surface area contributed by atoms with Gasteiger partial charge in [-0.3, -0.25) is 9.59 Å². The molecule has 6 heteroatoms. The van der Waals surface area contributed by atoms with Crippen molar-refractivity contribution in [1.29, 1.82) is 0 Å². The molecule has 2 amide bonds. The van der Waals surface area contributed by atoms with Gasteiger partial charge in [-0.15, -0.1) is 0 Å². The maximum absolute atomic E-state index is 12.3. The van der Waals surface area contributed by atoms with Gasteiger partial charge in [0.1, 0.15) is 5.82 Å². The van der Waals surface area contributed by atoms with Crippen molar-refractivity contribution in [1.82, 2.24) is 15.2 Å².